The molecule has 2 atom stereocenters. The number of carboxylic acid groups (broad SMARTS) is 1. The van der Waals surface area contributed by atoms with Crippen LogP contribution in [0.3, 0.4) is 0 Å². The molecular formula is C12H19N3O2. The molecule has 1 N–H and O–H groups in total. The average Bonchev–Trinajstić information content (AvgIpc) is 2.28. The van der Waals surface area contributed by atoms with Crippen LogP contribution in [0.15, 0.2) is 12.4 Å². The van der Waals surface area contributed by atoms with Gasteiger partial charge in [-0.1, -0.05) is 6.92 Å². The number of aromatic nitrogens is 2. The lowest BCUT2D eigenvalue weighted by Gasteiger charge is -2.26. The molecule has 0 saturated carbocycles. The Labute approximate surface area is 102 Å². The minimum absolute atomic E-state index is 0.0606. The second-order valence-electron chi connectivity index (χ2n) is 4.38. The zero-order valence-corrected chi connectivity index (χ0v) is 10.7. The summed E-state index contributed by atoms with van der Waals surface area (Å²) in [4.78, 5) is 21.3. The van der Waals surface area contributed by atoms with Crippen molar-refractivity contribution in [2.45, 2.75) is 26.8 Å². The summed E-state index contributed by atoms with van der Waals surface area (Å²) >= 11 is 0. The molecule has 0 aliphatic heterocycles. The van der Waals surface area contributed by atoms with Crippen molar-refractivity contribution in [3.63, 3.8) is 0 Å². The molecule has 0 spiro atoms. The first-order valence-electron chi connectivity index (χ1n) is 5.64. The number of carbonyl (C=O) groups is 1. The fourth-order valence-electron chi connectivity index (χ4n) is 1.71. The van der Waals surface area contributed by atoms with Crippen molar-refractivity contribution in [2.75, 3.05) is 13.6 Å². The van der Waals surface area contributed by atoms with Gasteiger partial charge in [0.1, 0.15) is 0 Å². The van der Waals surface area contributed by atoms with Crippen LogP contribution in [-0.4, -0.2) is 39.5 Å². The van der Waals surface area contributed by atoms with Crippen molar-refractivity contribution < 1.29 is 9.90 Å². The van der Waals surface area contributed by atoms with Crippen LogP contribution in [-0.2, 0) is 4.79 Å². The van der Waals surface area contributed by atoms with Gasteiger partial charge >= 0.3 is 5.97 Å². The largest absolute Gasteiger partial charge is 0.481 e. The third-order valence-corrected chi connectivity index (χ3v) is 2.96. The Balaban J connectivity index is 2.73. The van der Waals surface area contributed by atoms with E-state index in [4.69, 9.17) is 5.11 Å². The minimum Gasteiger partial charge on any atom is -0.481 e. The normalized spacial score (nSPS) is 14.6. The zero-order chi connectivity index (χ0) is 13.0. The smallest absolute Gasteiger partial charge is 0.307 e. The summed E-state index contributed by atoms with van der Waals surface area (Å²) in [5.74, 6) is -1.17. The number of aryl methyl sites for hydroxylation is 1. The molecule has 2 unspecified atom stereocenters. The Morgan fingerprint density at radius 3 is 2.53 bits per heavy atom. The van der Waals surface area contributed by atoms with E-state index < -0.39 is 5.97 Å². The molecule has 5 nitrogen and oxygen atoms in total. The molecule has 0 aliphatic carbocycles. The highest BCUT2D eigenvalue weighted by Crippen LogP contribution is 2.19. The van der Waals surface area contributed by atoms with Crippen LogP contribution in [0, 0.1) is 12.8 Å². The molecule has 0 saturated heterocycles. The van der Waals surface area contributed by atoms with E-state index in [1.54, 1.807) is 19.3 Å². The van der Waals surface area contributed by atoms with E-state index in [9.17, 15) is 4.79 Å². The molecule has 1 heterocycles. The van der Waals surface area contributed by atoms with Crippen LogP contribution in [0.1, 0.15) is 31.3 Å². The van der Waals surface area contributed by atoms with Gasteiger partial charge < -0.3 is 5.11 Å². The van der Waals surface area contributed by atoms with E-state index in [2.05, 4.69) is 9.97 Å². The topological polar surface area (TPSA) is 66.3 Å². The molecule has 1 rings (SSSR count). The van der Waals surface area contributed by atoms with Gasteiger partial charge in [0.15, 0.2) is 0 Å². The van der Waals surface area contributed by atoms with Gasteiger partial charge in [0.25, 0.3) is 0 Å². The van der Waals surface area contributed by atoms with Gasteiger partial charge in [0.2, 0.25) is 0 Å². The number of hydrogen-bond acceptors (Lipinski definition) is 4. The zero-order valence-electron chi connectivity index (χ0n) is 10.7. The Morgan fingerprint density at radius 2 is 2.00 bits per heavy atom. The predicted molar refractivity (Wildman–Crippen MR) is 64.6 cm³/mol. The third kappa shape index (κ3) is 3.49. The Bertz CT molecular complexity index is 395. The Kier molecular flexibility index (Phi) is 4.57. The summed E-state index contributed by atoms with van der Waals surface area (Å²) in [6.07, 6.45) is 3.32. The maximum atomic E-state index is 10.8. The number of hydrogen-bond donors (Lipinski definition) is 1. The molecule has 1 aromatic rings. The van der Waals surface area contributed by atoms with Crippen LogP contribution in [0.25, 0.3) is 0 Å². The van der Waals surface area contributed by atoms with Gasteiger partial charge in [0.05, 0.1) is 23.3 Å². The monoisotopic (exact) mass is 237 g/mol. The molecule has 0 bridgehead atoms. The quantitative estimate of drug-likeness (QED) is 0.840. The second-order valence-corrected chi connectivity index (χ2v) is 4.38. The molecule has 0 radical (unpaired) electrons. The lowest BCUT2D eigenvalue weighted by molar-refractivity contribution is -0.141. The van der Waals surface area contributed by atoms with E-state index in [-0.39, 0.29) is 12.0 Å². The van der Waals surface area contributed by atoms with Crippen molar-refractivity contribution in [2.24, 2.45) is 5.92 Å². The second kappa shape index (κ2) is 5.72. The van der Waals surface area contributed by atoms with Crippen molar-refractivity contribution in [1.29, 1.82) is 0 Å². The number of nitrogens with zero attached hydrogens (tertiary/aromatic N) is 3. The van der Waals surface area contributed by atoms with Gasteiger partial charge in [-0.15, -0.1) is 0 Å². The first kappa shape index (κ1) is 13.6. The number of aliphatic carboxylic acids is 1. The van der Waals surface area contributed by atoms with Gasteiger partial charge in [-0.2, -0.15) is 0 Å². The van der Waals surface area contributed by atoms with Crippen molar-refractivity contribution in [3.05, 3.63) is 23.8 Å². The van der Waals surface area contributed by atoms with E-state index in [1.807, 2.05) is 25.8 Å². The predicted octanol–water partition coefficient (Wildman–Crippen LogP) is 1.50. The van der Waals surface area contributed by atoms with Crippen LogP contribution in [0.5, 0.6) is 0 Å². The highest BCUT2D eigenvalue weighted by atomic mass is 16.4. The number of carboxylic acids is 1. The summed E-state index contributed by atoms with van der Waals surface area (Å²) < 4.78 is 0. The van der Waals surface area contributed by atoms with Crippen LogP contribution in [0.4, 0.5) is 0 Å². The molecule has 1 aromatic heterocycles. The summed E-state index contributed by atoms with van der Waals surface area (Å²) in [6, 6.07) is 0.0606. The van der Waals surface area contributed by atoms with Crippen molar-refractivity contribution in [3.8, 4) is 0 Å². The van der Waals surface area contributed by atoms with Gasteiger partial charge in [-0.25, -0.2) is 0 Å². The molecule has 0 aliphatic rings. The van der Waals surface area contributed by atoms with E-state index in [0.717, 1.165) is 11.4 Å². The summed E-state index contributed by atoms with van der Waals surface area (Å²) in [6.45, 7) is 6.11. The molecular weight excluding hydrogens is 218 g/mol. The SMILES string of the molecule is Cc1nccnc1C(C)N(C)CC(C)C(=O)O. The molecule has 17 heavy (non-hydrogen) atoms. The van der Waals surface area contributed by atoms with Gasteiger partial charge in [-0.05, 0) is 20.9 Å². The lowest BCUT2D eigenvalue weighted by Crippen LogP contribution is -2.31. The Morgan fingerprint density at radius 1 is 1.41 bits per heavy atom. The minimum atomic E-state index is -0.778. The van der Waals surface area contributed by atoms with Crippen LogP contribution >= 0.6 is 0 Å². The van der Waals surface area contributed by atoms with Crippen molar-refractivity contribution >= 4 is 5.97 Å². The summed E-state index contributed by atoms with van der Waals surface area (Å²) in [5.41, 5.74) is 1.78. The maximum absolute atomic E-state index is 10.8. The molecule has 0 fully saturated rings. The van der Waals surface area contributed by atoms with Crippen LogP contribution < -0.4 is 0 Å². The first-order valence-corrected chi connectivity index (χ1v) is 5.64. The molecule has 0 aromatic carbocycles. The Hall–Kier alpha value is -1.49. The standard InChI is InChI=1S/C12H19N3O2/c1-8(12(16)17)7-15(4)10(3)11-9(2)13-5-6-14-11/h5-6,8,10H,7H2,1-4H3,(H,16,17). The lowest BCUT2D eigenvalue weighted by atomic mass is 10.1. The van der Waals surface area contributed by atoms with Gasteiger partial charge in [0, 0.05) is 18.9 Å². The van der Waals surface area contributed by atoms with E-state index in [1.165, 1.54) is 0 Å². The molecule has 0 amide bonds. The summed E-state index contributed by atoms with van der Waals surface area (Å²) in [7, 11) is 1.90. The fraction of sp³-hybridized carbons (Fsp3) is 0.583. The highest BCUT2D eigenvalue weighted by Gasteiger charge is 2.20. The third-order valence-electron chi connectivity index (χ3n) is 2.96. The van der Waals surface area contributed by atoms with Crippen molar-refractivity contribution in [1.82, 2.24) is 14.9 Å². The maximum Gasteiger partial charge on any atom is 0.307 e. The number of rotatable bonds is 5. The fourth-order valence-corrected chi connectivity index (χ4v) is 1.71. The highest BCUT2D eigenvalue weighted by molar-refractivity contribution is 5.69. The van der Waals surface area contributed by atoms with Gasteiger partial charge in [-0.3, -0.25) is 19.7 Å². The first-order chi connectivity index (χ1) is 7.93. The average molecular weight is 237 g/mol. The van der Waals surface area contributed by atoms with E-state index in [0.29, 0.717) is 6.54 Å². The molecule has 5 heteroatoms. The molecule has 94 valence electrons. The van der Waals surface area contributed by atoms with E-state index >= 15 is 0 Å². The summed E-state index contributed by atoms with van der Waals surface area (Å²) in [5, 5.41) is 8.88. The van der Waals surface area contributed by atoms with Crippen LogP contribution in [0.2, 0.25) is 0 Å².